The van der Waals surface area contributed by atoms with Crippen molar-refractivity contribution in [2.24, 2.45) is 0 Å². The highest BCUT2D eigenvalue weighted by molar-refractivity contribution is 8.12. The van der Waals surface area contributed by atoms with Crippen LogP contribution in [0.5, 0.6) is 0 Å². The molecule has 0 radical (unpaired) electrons. The zero-order chi connectivity index (χ0) is 27.4. The average Bonchev–Trinajstić information content (AvgIpc) is 2.84. The van der Waals surface area contributed by atoms with E-state index in [9.17, 15) is 30.0 Å². The zero-order valence-electron chi connectivity index (χ0n) is 20.8. The molecule has 0 bridgehead atoms. The van der Waals surface area contributed by atoms with Crippen molar-refractivity contribution in [2.45, 2.75) is 86.7 Å². The topological polar surface area (TPSA) is 118 Å². The van der Waals surface area contributed by atoms with E-state index in [0.717, 1.165) is 54.9 Å². The van der Waals surface area contributed by atoms with Crippen molar-refractivity contribution in [1.29, 1.82) is 0 Å². The minimum Gasteiger partial charge on any atom is -0.424 e. The minimum atomic E-state index is -6.19. The number of hydrogen-bond acceptors (Lipinski definition) is 7. The van der Waals surface area contributed by atoms with Crippen molar-refractivity contribution in [1.82, 2.24) is 0 Å². The van der Waals surface area contributed by atoms with E-state index in [1.807, 2.05) is 12.1 Å². The van der Waals surface area contributed by atoms with Crippen LogP contribution >= 0.6 is 0 Å². The lowest BCUT2D eigenvalue weighted by Gasteiger charge is -2.27. The van der Waals surface area contributed by atoms with E-state index in [1.165, 1.54) is 50.7 Å². The lowest BCUT2D eigenvalue weighted by Crippen LogP contribution is -2.24. The highest BCUT2D eigenvalue weighted by Gasteiger charge is 2.40. The molecule has 2 aromatic rings. The van der Waals surface area contributed by atoms with Gasteiger partial charge in [0.05, 0.1) is 0 Å². The Balaban J connectivity index is 1.52. The Labute approximate surface area is 221 Å². The molecule has 2 saturated carbocycles. The van der Waals surface area contributed by atoms with E-state index in [2.05, 4.69) is 26.1 Å². The molecule has 2 aliphatic rings. The number of alkyl halides is 3. The molecule has 0 aromatic heterocycles. The van der Waals surface area contributed by atoms with Crippen LogP contribution in [-0.2, 0) is 20.0 Å². The van der Waals surface area contributed by atoms with Crippen LogP contribution in [0.2, 0.25) is 0 Å². The average molecular weight is 574 g/mol. The molecule has 4 rings (SSSR count). The molecule has 2 aliphatic carbocycles. The number of benzene rings is 2. The second-order valence-electron chi connectivity index (χ2n) is 9.88. The predicted octanol–water partition coefficient (Wildman–Crippen LogP) is 6.83. The van der Waals surface area contributed by atoms with Crippen LogP contribution < -0.4 is 16.0 Å². The van der Waals surface area contributed by atoms with Crippen LogP contribution in [0.25, 0.3) is 4.13 Å². The molecule has 2 fully saturated rings. The van der Waals surface area contributed by atoms with Crippen molar-refractivity contribution >= 4 is 42.8 Å². The number of halogens is 3. The van der Waals surface area contributed by atoms with Gasteiger partial charge in [0.2, 0.25) is 0 Å². The molecule has 8 nitrogen and oxygen atoms in total. The number of rotatable bonds is 9. The van der Waals surface area contributed by atoms with Crippen LogP contribution in [0.4, 0.5) is 35.9 Å². The summed E-state index contributed by atoms with van der Waals surface area (Å²) in [7, 11) is -11.3. The van der Waals surface area contributed by atoms with Gasteiger partial charge in [-0.15, -0.1) is 0 Å². The Morgan fingerprint density at radius 2 is 1.11 bits per heavy atom. The Morgan fingerprint density at radius 3 is 1.55 bits per heavy atom. The molecule has 0 saturated heterocycles. The van der Waals surface area contributed by atoms with E-state index in [1.54, 1.807) is 0 Å². The normalized spacial score (nSPS) is 18.2. The molecule has 0 unspecified atom stereocenters. The van der Waals surface area contributed by atoms with E-state index >= 15 is 0 Å². The van der Waals surface area contributed by atoms with Crippen molar-refractivity contribution in [3.63, 3.8) is 0 Å². The summed E-state index contributed by atoms with van der Waals surface area (Å²) in [6.07, 6.45) is 11.7. The van der Waals surface area contributed by atoms with Gasteiger partial charge < -0.3 is 20.1 Å². The SMILES string of the molecule is O=S(=O)([N-]S(=O)(=O)C(F)(F)F)c1ccc(Nc2cc(NC3CCCCC3)cc(NC3CCCCC3)c2)cc1. The van der Waals surface area contributed by atoms with Crippen LogP contribution in [0.15, 0.2) is 47.4 Å². The summed E-state index contributed by atoms with van der Waals surface area (Å²) < 4.78 is 86.6. The number of anilines is 4. The highest BCUT2D eigenvalue weighted by atomic mass is 32.3. The third-order valence-electron chi connectivity index (χ3n) is 6.81. The molecule has 13 heteroatoms. The van der Waals surface area contributed by atoms with Gasteiger partial charge in [0.25, 0.3) is 0 Å². The summed E-state index contributed by atoms with van der Waals surface area (Å²) in [5.74, 6) is 0. The number of nitrogens with one attached hydrogen (secondary N) is 3. The van der Waals surface area contributed by atoms with Crippen LogP contribution in [0, 0.1) is 0 Å². The molecular formula is C25H32F3N4O4S2-. The summed E-state index contributed by atoms with van der Waals surface area (Å²) in [6.45, 7) is 0. The third kappa shape index (κ3) is 7.54. The summed E-state index contributed by atoms with van der Waals surface area (Å²) in [5.41, 5.74) is -2.68. The Kier molecular flexibility index (Phi) is 8.78. The van der Waals surface area contributed by atoms with Gasteiger partial charge in [-0.25, -0.2) is 16.8 Å². The van der Waals surface area contributed by atoms with E-state index in [4.69, 9.17) is 0 Å². The first-order chi connectivity index (χ1) is 17.9. The first-order valence-electron chi connectivity index (χ1n) is 12.8. The van der Waals surface area contributed by atoms with E-state index in [0.29, 0.717) is 17.8 Å². The summed E-state index contributed by atoms with van der Waals surface area (Å²) in [6, 6.07) is 11.5. The predicted molar refractivity (Wildman–Crippen MR) is 143 cm³/mol. The fraction of sp³-hybridized carbons (Fsp3) is 0.520. The minimum absolute atomic E-state index is 0.391. The lowest BCUT2D eigenvalue weighted by atomic mass is 9.95. The monoisotopic (exact) mass is 573 g/mol. The molecule has 0 aliphatic heterocycles. The van der Waals surface area contributed by atoms with Gasteiger partial charge in [-0.3, -0.25) is 0 Å². The first-order valence-corrected chi connectivity index (χ1v) is 15.7. The fourth-order valence-corrected chi connectivity index (χ4v) is 7.12. The maximum absolute atomic E-state index is 12.6. The van der Waals surface area contributed by atoms with Gasteiger partial charge in [0, 0.05) is 39.7 Å². The van der Waals surface area contributed by atoms with Gasteiger partial charge in [0.1, 0.15) is 10.0 Å². The first kappa shape index (κ1) is 28.5. The number of hydrogen-bond donors (Lipinski definition) is 3. The summed E-state index contributed by atoms with van der Waals surface area (Å²) >= 11 is 0. The number of sulfonamides is 2. The Hall–Kier alpha value is -2.51. The van der Waals surface area contributed by atoms with Gasteiger partial charge in [0.15, 0.2) is 10.0 Å². The molecular weight excluding hydrogens is 541 g/mol. The van der Waals surface area contributed by atoms with Crippen molar-refractivity contribution in [3.8, 4) is 0 Å². The van der Waals surface area contributed by atoms with Gasteiger partial charge in [-0.1, -0.05) is 38.5 Å². The third-order valence-corrected chi connectivity index (χ3v) is 9.84. The zero-order valence-corrected chi connectivity index (χ0v) is 22.4. The number of nitrogens with zero attached hydrogens (tertiary/aromatic N) is 1. The molecule has 0 spiro atoms. The summed E-state index contributed by atoms with van der Waals surface area (Å²) in [4.78, 5) is -0.664. The highest BCUT2D eigenvalue weighted by Crippen LogP contribution is 2.34. The Morgan fingerprint density at radius 1 is 0.658 bits per heavy atom. The quantitative estimate of drug-likeness (QED) is 0.301. The molecule has 210 valence electrons. The largest absolute Gasteiger partial charge is 0.480 e. The molecule has 0 heterocycles. The maximum atomic E-state index is 12.6. The second-order valence-corrected chi connectivity index (χ2v) is 13.3. The van der Waals surface area contributed by atoms with Gasteiger partial charge in [-0.05, 0) is 68.1 Å². The van der Waals surface area contributed by atoms with E-state index in [-0.39, 0.29) is 0 Å². The molecule has 2 aromatic carbocycles. The van der Waals surface area contributed by atoms with Crippen molar-refractivity contribution in [3.05, 3.63) is 46.6 Å². The molecule has 38 heavy (non-hydrogen) atoms. The molecule has 0 amide bonds. The Bertz CT molecular complexity index is 1270. The van der Waals surface area contributed by atoms with Gasteiger partial charge >= 0.3 is 5.51 Å². The smallest absolute Gasteiger partial charge is 0.424 e. The molecule has 3 N–H and O–H groups in total. The molecule has 0 atom stereocenters. The van der Waals surface area contributed by atoms with E-state index < -0.39 is 30.5 Å². The van der Waals surface area contributed by atoms with Crippen LogP contribution in [0.3, 0.4) is 0 Å². The fourth-order valence-electron chi connectivity index (χ4n) is 4.92. The van der Waals surface area contributed by atoms with Crippen LogP contribution in [-0.4, -0.2) is 34.4 Å². The standard InChI is InChI=1S/C25H32F3N4O4S2/c26-25(27,28)38(35,36)32-37(33,34)24-13-11-20(12-14-24)31-23-16-21(29-18-7-3-1-4-8-18)15-22(17-23)30-19-9-5-2-6-10-19/h11-19,29-31H,1-10H2/q-1. The van der Waals surface area contributed by atoms with Gasteiger partial charge in [-0.2, -0.15) is 13.2 Å². The second kappa shape index (κ2) is 11.7. The van der Waals surface area contributed by atoms with Crippen LogP contribution in [0.1, 0.15) is 64.2 Å². The summed E-state index contributed by atoms with van der Waals surface area (Å²) in [5, 5.41) is 10.5. The lowest BCUT2D eigenvalue weighted by molar-refractivity contribution is -0.0425. The maximum Gasteiger partial charge on any atom is 0.480 e. The van der Waals surface area contributed by atoms with Crippen molar-refractivity contribution in [2.75, 3.05) is 16.0 Å². The van der Waals surface area contributed by atoms with Crippen molar-refractivity contribution < 1.29 is 30.0 Å².